The minimum Gasteiger partial charge on any atom is -0.387 e. The molecule has 3 heteroatoms. The van der Waals surface area contributed by atoms with Gasteiger partial charge in [-0.3, -0.25) is 0 Å². The average molecular weight is 210 g/mol. The summed E-state index contributed by atoms with van der Waals surface area (Å²) in [5.41, 5.74) is 0.181. The van der Waals surface area contributed by atoms with Crippen molar-refractivity contribution in [1.29, 1.82) is 0 Å². The van der Waals surface area contributed by atoms with E-state index < -0.39 is 5.60 Å². The molecule has 15 heavy (non-hydrogen) atoms. The number of halogens is 1. The van der Waals surface area contributed by atoms with Gasteiger partial charge < -0.3 is 9.84 Å². The molecular formula is C12H15FO2. The second-order valence-electron chi connectivity index (χ2n) is 4.18. The zero-order valence-electron chi connectivity index (χ0n) is 8.58. The monoisotopic (exact) mass is 210 g/mol. The molecule has 1 aromatic carbocycles. The van der Waals surface area contributed by atoms with Crippen LogP contribution in [0.3, 0.4) is 0 Å². The van der Waals surface area contributed by atoms with Crippen LogP contribution < -0.4 is 0 Å². The van der Waals surface area contributed by atoms with Gasteiger partial charge in [-0.15, -0.1) is 0 Å². The van der Waals surface area contributed by atoms with E-state index in [1.54, 1.807) is 12.1 Å². The van der Waals surface area contributed by atoms with Gasteiger partial charge in [-0.2, -0.15) is 0 Å². The SMILES string of the molecule is OC1(Cc2ccc(F)cc2)CCCOC1. The Balaban J connectivity index is 2.03. The summed E-state index contributed by atoms with van der Waals surface area (Å²) in [6.07, 6.45) is 2.18. The van der Waals surface area contributed by atoms with Crippen molar-refractivity contribution < 1.29 is 14.2 Å². The lowest BCUT2D eigenvalue weighted by atomic mass is 9.89. The van der Waals surface area contributed by atoms with Crippen molar-refractivity contribution >= 4 is 0 Å². The third-order valence-corrected chi connectivity index (χ3v) is 2.75. The highest BCUT2D eigenvalue weighted by Gasteiger charge is 2.30. The molecule has 0 amide bonds. The summed E-state index contributed by atoms with van der Waals surface area (Å²) < 4.78 is 17.9. The largest absolute Gasteiger partial charge is 0.387 e. The van der Waals surface area contributed by atoms with E-state index in [1.807, 2.05) is 0 Å². The second-order valence-corrected chi connectivity index (χ2v) is 4.18. The second kappa shape index (κ2) is 4.29. The van der Waals surface area contributed by atoms with Crippen LogP contribution in [0.5, 0.6) is 0 Å². The first-order valence-corrected chi connectivity index (χ1v) is 5.23. The Morgan fingerprint density at radius 2 is 2.07 bits per heavy atom. The highest BCUT2D eigenvalue weighted by Crippen LogP contribution is 2.23. The van der Waals surface area contributed by atoms with E-state index in [-0.39, 0.29) is 5.82 Å². The standard InChI is InChI=1S/C12H15FO2/c13-11-4-2-10(3-5-11)8-12(14)6-1-7-15-9-12/h2-5,14H,1,6-9H2. The molecular weight excluding hydrogens is 195 g/mol. The molecule has 0 aromatic heterocycles. The lowest BCUT2D eigenvalue weighted by Gasteiger charge is -2.32. The summed E-state index contributed by atoms with van der Waals surface area (Å²) in [4.78, 5) is 0. The van der Waals surface area contributed by atoms with E-state index >= 15 is 0 Å². The van der Waals surface area contributed by atoms with Gasteiger partial charge in [-0.05, 0) is 30.5 Å². The Bertz CT molecular complexity index is 315. The number of ether oxygens (including phenoxy) is 1. The lowest BCUT2D eigenvalue weighted by Crippen LogP contribution is -2.40. The minimum atomic E-state index is -0.768. The normalized spacial score (nSPS) is 26.5. The minimum absolute atomic E-state index is 0.245. The predicted octanol–water partition coefficient (Wildman–Crippen LogP) is 1.91. The van der Waals surface area contributed by atoms with E-state index in [2.05, 4.69) is 0 Å². The van der Waals surface area contributed by atoms with E-state index in [4.69, 9.17) is 4.74 Å². The summed E-state index contributed by atoms with van der Waals surface area (Å²) in [7, 11) is 0. The average Bonchev–Trinajstić information content (AvgIpc) is 2.22. The fourth-order valence-corrected chi connectivity index (χ4v) is 1.96. The highest BCUT2D eigenvalue weighted by molar-refractivity contribution is 5.18. The molecule has 1 fully saturated rings. The Labute approximate surface area is 88.7 Å². The molecule has 0 saturated carbocycles. The van der Waals surface area contributed by atoms with Crippen molar-refractivity contribution in [3.63, 3.8) is 0 Å². The topological polar surface area (TPSA) is 29.5 Å². The highest BCUT2D eigenvalue weighted by atomic mass is 19.1. The van der Waals surface area contributed by atoms with Crippen molar-refractivity contribution in [3.8, 4) is 0 Å². The van der Waals surface area contributed by atoms with Crippen molar-refractivity contribution in [2.45, 2.75) is 24.9 Å². The van der Waals surface area contributed by atoms with Gasteiger partial charge in [0.15, 0.2) is 0 Å². The molecule has 1 saturated heterocycles. The summed E-state index contributed by atoms with van der Waals surface area (Å²) in [5, 5.41) is 10.2. The van der Waals surface area contributed by atoms with Crippen LogP contribution in [-0.4, -0.2) is 23.9 Å². The molecule has 1 aliphatic rings. The third-order valence-electron chi connectivity index (χ3n) is 2.75. The van der Waals surface area contributed by atoms with Crippen LogP contribution in [0.1, 0.15) is 18.4 Å². The molecule has 1 atom stereocenters. The maximum absolute atomic E-state index is 12.7. The fourth-order valence-electron chi connectivity index (χ4n) is 1.96. The fraction of sp³-hybridized carbons (Fsp3) is 0.500. The first-order valence-electron chi connectivity index (χ1n) is 5.23. The first kappa shape index (κ1) is 10.6. The van der Waals surface area contributed by atoms with Crippen molar-refractivity contribution in [2.75, 3.05) is 13.2 Å². The quantitative estimate of drug-likeness (QED) is 0.808. The third kappa shape index (κ3) is 2.76. The molecule has 0 aliphatic carbocycles. The van der Waals surface area contributed by atoms with Gasteiger partial charge in [0.1, 0.15) is 5.82 Å². The zero-order chi connectivity index (χ0) is 10.7. The van der Waals surface area contributed by atoms with Gasteiger partial charge in [0.05, 0.1) is 12.2 Å². The van der Waals surface area contributed by atoms with Gasteiger partial charge in [0.2, 0.25) is 0 Å². The van der Waals surface area contributed by atoms with Crippen LogP contribution in [0.15, 0.2) is 24.3 Å². The molecule has 1 heterocycles. The van der Waals surface area contributed by atoms with Gasteiger partial charge in [0.25, 0.3) is 0 Å². The van der Waals surface area contributed by atoms with E-state index in [9.17, 15) is 9.50 Å². The maximum Gasteiger partial charge on any atom is 0.123 e. The van der Waals surface area contributed by atoms with Crippen LogP contribution in [0, 0.1) is 5.82 Å². The van der Waals surface area contributed by atoms with Crippen molar-refractivity contribution in [1.82, 2.24) is 0 Å². The van der Waals surface area contributed by atoms with Crippen LogP contribution in [-0.2, 0) is 11.2 Å². The van der Waals surface area contributed by atoms with E-state index in [0.29, 0.717) is 13.0 Å². The van der Waals surface area contributed by atoms with Gasteiger partial charge >= 0.3 is 0 Å². The number of hydrogen-bond acceptors (Lipinski definition) is 2. The first-order chi connectivity index (χ1) is 7.18. The number of hydrogen-bond donors (Lipinski definition) is 1. The smallest absolute Gasteiger partial charge is 0.123 e. The number of aliphatic hydroxyl groups is 1. The summed E-state index contributed by atoms with van der Waals surface area (Å²) in [5.74, 6) is -0.245. The molecule has 0 radical (unpaired) electrons. The maximum atomic E-state index is 12.7. The van der Waals surface area contributed by atoms with Crippen molar-refractivity contribution in [3.05, 3.63) is 35.6 Å². The molecule has 2 rings (SSSR count). The summed E-state index contributed by atoms with van der Waals surface area (Å²) >= 11 is 0. The van der Waals surface area contributed by atoms with Crippen LogP contribution >= 0.6 is 0 Å². The van der Waals surface area contributed by atoms with E-state index in [1.165, 1.54) is 12.1 Å². The van der Waals surface area contributed by atoms with Gasteiger partial charge in [-0.1, -0.05) is 12.1 Å². The van der Waals surface area contributed by atoms with Crippen LogP contribution in [0.25, 0.3) is 0 Å². The molecule has 1 aromatic rings. The Hall–Kier alpha value is -0.930. The molecule has 0 spiro atoms. The molecule has 1 N–H and O–H groups in total. The molecule has 1 aliphatic heterocycles. The molecule has 0 bridgehead atoms. The Morgan fingerprint density at radius 1 is 1.33 bits per heavy atom. The molecule has 82 valence electrons. The molecule has 2 nitrogen and oxygen atoms in total. The molecule has 1 unspecified atom stereocenters. The van der Waals surface area contributed by atoms with Crippen molar-refractivity contribution in [2.24, 2.45) is 0 Å². The summed E-state index contributed by atoms with van der Waals surface area (Å²) in [6, 6.07) is 6.26. The van der Waals surface area contributed by atoms with E-state index in [0.717, 1.165) is 25.0 Å². The van der Waals surface area contributed by atoms with Crippen LogP contribution in [0.4, 0.5) is 4.39 Å². The Kier molecular flexibility index (Phi) is 3.03. The predicted molar refractivity (Wildman–Crippen MR) is 55.1 cm³/mol. The number of rotatable bonds is 2. The number of benzene rings is 1. The lowest BCUT2D eigenvalue weighted by molar-refractivity contribution is -0.0845. The summed E-state index contributed by atoms with van der Waals surface area (Å²) in [6.45, 7) is 1.11. The van der Waals surface area contributed by atoms with Crippen LogP contribution in [0.2, 0.25) is 0 Å². The van der Waals surface area contributed by atoms with Gasteiger partial charge in [-0.25, -0.2) is 4.39 Å². The zero-order valence-corrected chi connectivity index (χ0v) is 8.58. The Morgan fingerprint density at radius 3 is 2.67 bits per heavy atom. The van der Waals surface area contributed by atoms with Gasteiger partial charge in [0, 0.05) is 13.0 Å².